The molecule has 0 rings (SSSR count). The Morgan fingerprint density at radius 1 is 1.40 bits per heavy atom. The van der Waals surface area contributed by atoms with Crippen molar-refractivity contribution in [3.63, 3.8) is 0 Å². The number of aliphatic hydroxyl groups is 2. The van der Waals surface area contributed by atoms with Gasteiger partial charge in [0.25, 0.3) is 0 Å². The third-order valence-corrected chi connectivity index (χ3v) is 1.32. The molecule has 0 aromatic rings. The van der Waals surface area contributed by atoms with Gasteiger partial charge >= 0.3 is 0 Å². The van der Waals surface area contributed by atoms with Crippen molar-refractivity contribution < 1.29 is 10.2 Å². The summed E-state index contributed by atoms with van der Waals surface area (Å²) in [6.07, 6.45) is 5.53. The Bertz CT molecular complexity index is 62.3. The van der Waals surface area contributed by atoms with Gasteiger partial charge in [-0.05, 0) is 26.2 Å². The average molecular weight is 145 g/mol. The fourth-order valence-corrected chi connectivity index (χ4v) is 0.760. The highest BCUT2D eigenvalue weighted by Crippen LogP contribution is 2.03. The first-order valence-electron chi connectivity index (χ1n) is 3.88. The van der Waals surface area contributed by atoms with Crippen LogP contribution in [0.3, 0.4) is 0 Å². The Hall–Kier alpha value is -0.0800. The lowest BCUT2D eigenvalue weighted by atomic mass is 10.1. The second kappa shape index (κ2) is 7.03. The summed E-state index contributed by atoms with van der Waals surface area (Å²) < 4.78 is 0. The molecule has 0 aliphatic rings. The van der Waals surface area contributed by atoms with Gasteiger partial charge in [-0.25, -0.2) is 0 Å². The Kier molecular flexibility index (Phi) is 6.98. The van der Waals surface area contributed by atoms with Gasteiger partial charge in [0.05, 0.1) is 6.10 Å². The summed E-state index contributed by atoms with van der Waals surface area (Å²) in [4.78, 5) is 0. The van der Waals surface area contributed by atoms with Crippen molar-refractivity contribution in [2.45, 2.75) is 38.7 Å². The molecule has 0 saturated heterocycles. The fraction of sp³-hybridized carbons (Fsp3) is 0.875. The third kappa shape index (κ3) is 7.92. The van der Waals surface area contributed by atoms with Gasteiger partial charge in [-0.15, -0.1) is 0 Å². The summed E-state index contributed by atoms with van der Waals surface area (Å²) in [6, 6.07) is 0. The third-order valence-electron chi connectivity index (χ3n) is 1.32. The molecule has 0 aromatic carbocycles. The second-order valence-corrected chi connectivity index (χ2v) is 2.59. The summed E-state index contributed by atoms with van der Waals surface area (Å²) >= 11 is 0. The molecule has 0 bridgehead atoms. The monoisotopic (exact) mass is 145 g/mol. The fourth-order valence-electron chi connectivity index (χ4n) is 0.760. The molecule has 10 heavy (non-hydrogen) atoms. The topological polar surface area (TPSA) is 40.5 Å². The molecule has 2 N–H and O–H groups in total. The molecule has 0 aromatic heterocycles. The zero-order chi connectivity index (χ0) is 7.82. The van der Waals surface area contributed by atoms with Crippen LogP contribution in [0.5, 0.6) is 0 Å². The minimum Gasteiger partial charge on any atom is -0.396 e. The van der Waals surface area contributed by atoms with Crippen LogP contribution >= 0.6 is 0 Å². The van der Waals surface area contributed by atoms with Gasteiger partial charge in [-0.2, -0.15) is 0 Å². The number of hydrogen-bond acceptors (Lipinski definition) is 2. The van der Waals surface area contributed by atoms with Crippen LogP contribution in [-0.2, 0) is 0 Å². The highest BCUT2D eigenvalue weighted by Gasteiger charge is 1.94. The van der Waals surface area contributed by atoms with Crippen molar-refractivity contribution in [2.24, 2.45) is 0 Å². The van der Waals surface area contributed by atoms with Crippen molar-refractivity contribution in [3.8, 4) is 0 Å². The first-order chi connectivity index (χ1) is 4.77. The van der Waals surface area contributed by atoms with E-state index in [0.29, 0.717) is 0 Å². The number of hydrogen-bond donors (Lipinski definition) is 2. The maximum absolute atomic E-state index is 8.83. The van der Waals surface area contributed by atoms with Crippen LogP contribution in [0.4, 0.5) is 0 Å². The van der Waals surface area contributed by atoms with Crippen molar-refractivity contribution in [1.29, 1.82) is 0 Å². The minimum atomic E-state index is -0.214. The van der Waals surface area contributed by atoms with Crippen molar-refractivity contribution >= 4 is 0 Å². The lowest BCUT2D eigenvalue weighted by Crippen LogP contribution is -1.98. The summed E-state index contributed by atoms with van der Waals surface area (Å²) in [6.45, 7) is 2.06. The van der Waals surface area contributed by atoms with Crippen LogP contribution in [-0.4, -0.2) is 22.9 Å². The highest BCUT2D eigenvalue weighted by molar-refractivity contribution is 4.67. The molecule has 2 heteroatoms. The molecule has 0 spiro atoms. The molecule has 0 fully saturated rings. The molecule has 0 saturated carbocycles. The van der Waals surface area contributed by atoms with Crippen molar-refractivity contribution in [3.05, 3.63) is 6.42 Å². The van der Waals surface area contributed by atoms with E-state index < -0.39 is 0 Å². The second-order valence-electron chi connectivity index (χ2n) is 2.59. The predicted octanol–water partition coefficient (Wildman–Crippen LogP) is 1.12. The van der Waals surface area contributed by atoms with E-state index in [2.05, 4.69) is 6.42 Å². The number of unbranched alkanes of at least 4 members (excludes halogenated alkanes) is 3. The zero-order valence-corrected chi connectivity index (χ0v) is 6.58. The van der Waals surface area contributed by atoms with Crippen LogP contribution < -0.4 is 0 Å². The molecular weight excluding hydrogens is 128 g/mol. The largest absolute Gasteiger partial charge is 0.396 e. The smallest absolute Gasteiger partial charge is 0.0514 e. The molecule has 1 radical (unpaired) electrons. The normalized spacial score (nSPS) is 13.5. The van der Waals surface area contributed by atoms with E-state index in [4.69, 9.17) is 10.2 Å². The van der Waals surface area contributed by atoms with Gasteiger partial charge in [0, 0.05) is 6.61 Å². The van der Waals surface area contributed by atoms with Crippen LogP contribution in [0.1, 0.15) is 32.6 Å². The molecule has 0 heterocycles. The Labute approximate surface area is 62.9 Å². The van der Waals surface area contributed by atoms with Crippen LogP contribution in [0.15, 0.2) is 0 Å². The molecule has 2 nitrogen and oxygen atoms in total. The van der Waals surface area contributed by atoms with E-state index in [0.717, 1.165) is 25.7 Å². The summed E-state index contributed by atoms with van der Waals surface area (Å²) in [5.41, 5.74) is 0. The number of aliphatic hydroxyl groups excluding tert-OH is 2. The summed E-state index contributed by atoms with van der Waals surface area (Å²) in [5, 5.41) is 17.2. The molecule has 0 aliphatic heterocycles. The predicted molar refractivity (Wildman–Crippen MR) is 41.5 cm³/mol. The lowest BCUT2D eigenvalue weighted by molar-refractivity contribution is 0.192. The quantitative estimate of drug-likeness (QED) is 0.550. The van der Waals surface area contributed by atoms with Gasteiger partial charge in [-0.1, -0.05) is 12.8 Å². The van der Waals surface area contributed by atoms with E-state index in [-0.39, 0.29) is 12.7 Å². The Morgan fingerprint density at radius 3 is 2.60 bits per heavy atom. The van der Waals surface area contributed by atoms with E-state index in [9.17, 15) is 0 Å². The Morgan fingerprint density at radius 2 is 2.10 bits per heavy atom. The van der Waals surface area contributed by atoms with E-state index >= 15 is 0 Å². The average Bonchev–Trinajstić information content (AvgIpc) is 1.87. The van der Waals surface area contributed by atoms with E-state index in [1.54, 1.807) is 6.92 Å². The van der Waals surface area contributed by atoms with Gasteiger partial charge in [-0.3, -0.25) is 0 Å². The van der Waals surface area contributed by atoms with E-state index in [1.165, 1.54) is 0 Å². The highest BCUT2D eigenvalue weighted by atomic mass is 16.3. The zero-order valence-electron chi connectivity index (χ0n) is 6.58. The molecular formula is C8H17O2. The summed E-state index contributed by atoms with van der Waals surface area (Å²) in [7, 11) is 0. The van der Waals surface area contributed by atoms with Crippen molar-refractivity contribution in [1.82, 2.24) is 0 Å². The first kappa shape index (κ1) is 9.92. The van der Waals surface area contributed by atoms with Gasteiger partial charge in [0.1, 0.15) is 0 Å². The maximum Gasteiger partial charge on any atom is 0.0514 e. The Balaban J connectivity index is 2.77. The SMILES string of the molecule is CC(O)C[CH]CCCCO. The van der Waals surface area contributed by atoms with Gasteiger partial charge < -0.3 is 10.2 Å². The first-order valence-corrected chi connectivity index (χ1v) is 3.88. The van der Waals surface area contributed by atoms with Crippen LogP contribution in [0.2, 0.25) is 0 Å². The van der Waals surface area contributed by atoms with Gasteiger partial charge in [0.2, 0.25) is 0 Å². The standard InChI is InChI=1S/C8H17O2/c1-8(10)6-4-2-3-5-7-9/h4,8-10H,2-3,5-7H2,1H3. The maximum atomic E-state index is 8.83. The minimum absolute atomic E-state index is 0.214. The van der Waals surface area contributed by atoms with Crippen LogP contribution in [0.25, 0.3) is 0 Å². The van der Waals surface area contributed by atoms with Crippen molar-refractivity contribution in [2.75, 3.05) is 6.61 Å². The molecule has 0 aliphatic carbocycles. The van der Waals surface area contributed by atoms with E-state index in [1.807, 2.05) is 0 Å². The van der Waals surface area contributed by atoms with Crippen LogP contribution in [0, 0.1) is 6.42 Å². The number of rotatable bonds is 6. The molecule has 61 valence electrons. The summed E-state index contributed by atoms with van der Waals surface area (Å²) in [5.74, 6) is 0. The molecule has 1 unspecified atom stereocenters. The lowest BCUT2D eigenvalue weighted by Gasteiger charge is -2.01. The molecule has 1 atom stereocenters. The molecule has 0 amide bonds. The van der Waals surface area contributed by atoms with Gasteiger partial charge in [0.15, 0.2) is 0 Å².